The zero-order valence-corrected chi connectivity index (χ0v) is 14.8. The Morgan fingerprint density at radius 2 is 1.81 bits per heavy atom. The Bertz CT molecular complexity index is 888. The topological polar surface area (TPSA) is 82.5 Å². The van der Waals surface area contributed by atoms with Crippen LogP contribution in [0.5, 0.6) is 5.75 Å². The van der Waals surface area contributed by atoms with Gasteiger partial charge in [0, 0.05) is 18.0 Å². The maximum atomic E-state index is 12.0. The molecule has 0 aliphatic rings. The molecule has 27 heavy (non-hydrogen) atoms. The first-order valence-corrected chi connectivity index (χ1v) is 8.32. The molecule has 0 bridgehead atoms. The first kappa shape index (κ1) is 18.2. The number of aromatic nitrogens is 2. The molecule has 1 aromatic heterocycles. The molecular weight excluding hydrogens is 346 g/mol. The molecule has 0 aliphatic carbocycles. The van der Waals surface area contributed by atoms with Crippen LogP contribution in [-0.4, -0.2) is 35.3 Å². The molecule has 1 N–H and O–H groups in total. The van der Waals surface area contributed by atoms with Gasteiger partial charge in [-0.3, -0.25) is 9.59 Å². The Kier molecular flexibility index (Phi) is 5.84. The van der Waals surface area contributed by atoms with E-state index < -0.39 is 5.97 Å². The first-order chi connectivity index (χ1) is 13.2. The minimum Gasteiger partial charge on any atom is -0.497 e. The number of nitrogens with zero attached hydrogens (tertiary/aromatic N) is 2. The molecule has 0 spiro atoms. The molecule has 1 heterocycles. The Balaban J connectivity index is 1.44. The van der Waals surface area contributed by atoms with Crippen molar-refractivity contribution in [1.29, 1.82) is 0 Å². The molecule has 1 amide bonds. The summed E-state index contributed by atoms with van der Waals surface area (Å²) in [7, 11) is 1.55. The second-order valence-corrected chi connectivity index (χ2v) is 5.69. The summed E-state index contributed by atoms with van der Waals surface area (Å²) in [5.41, 5.74) is 2.21. The minimum atomic E-state index is -0.506. The molecule has 7 heteroatoms. The quantitative estimate of drug-likeness (QED) is 0.650. The Hall–Kier alpha value is -3.61. The van der Waals surface area contributed by atoms with Crippen molar-refractivity contribution < 1.29 is 19.1 Å². The zero-order chi connectivity index (χ0) is 19.1. The summed E-state index contributed by atoms with van der Waals surface area (Å²) in [5.74, 6) is -0.198. The third-order valence-electron chi connectivity index (χ3n) is 3.85. The van der Waals surface area contributed by atoms with E-state index in [-0.39, 0.29) is 19.1 Å². The van der Waals surface area contributed by atoms with Crippen molar-refractivity contribution in [3.8, 4) is 11.4 Å². The molecule has 138 valence electrons. The lowest BCUT2D eigenvalue weighted by Crippen LogP contribution is -2.30. The number of ether oxygens (including phenoxy) is 2. The van der Waals surface area contributed by atoms with E-state index in [2.05, 4.69) is 10.4 Å². The smallest absolute Gasteiger partial charge is 0.325 e. The predicted molar refractivity (Wildman–Crippen MR) is 98.7 cm³/mol. The molecule has 0 fully saturated rings. The second kappa shape index (κ2) is 8.66. The van der Waals surface area contributed by atoms with Gasteiger partial charge in [0.2, 0.25) is 0 Å². The van der Waals surface area contributed by atoms with Crippen molar-refractivity contribution in [2.45, 2.75) is 6.61 Å². The summed E-state index contributed by atoms with van der Waals surface area (Å²) in [6.45, 7) is -0.0626. The van der Waals surface area contributed by atoms with Crippen LogP contribution >= 0.6 is 0 Å². The number of amides is 1. The van der Waals surface area contributed by atoms with Crippen molar-refractivity contribution in [3.05, 3.63) is 78.1 Å². The highest BCUT2D eigenvalue weighted by molar-refractivity contribution is 5.96. The molecular formula is C20H19N3O4. The van der Waals surface area contributed by atoms with Gasteiger partial charge in [-0.15, -0.1) is 0 Å². The van der Waals surface area contributed by atoms with E-state index in [1.54, 1.807) is 42.3 Å². The van der Waals surface area contributed by atoms with Crippen LogP contribution in [0.3, 0.4) is 0 Å². The van der Waals surface area contributed by atoms with Gasteiger partial charge in [-0.2, -0.15) is 5.10 Å². The van der Waals surface area contributed by atoms with Crippen LogP contribution in [0, 0.1) is 0 Å². The van der Waals surface area contributed by atoms with Crippen molar-refractivity contribution in [1.82, 2.24) is 15.1 Å². The van der Waals surface area contributed by atoms with Crippen molar-refractivity contribution in [3.63, 3.8) is 0 Å². The lowest BCUT2D eigenvalue weighted by Gasteiger charge is -2.08. The van der Waals surface area contributed by atoms with E-state index in [4.69, 9.17) is 9.47 Å². The maximum Gasteiger partial charge on any atom is 0.325 e. The Labute approximate surface area is 156 Å². The normalized spacial score (nSPS) is 10.3. The van der Waals surface area contributed by atoms with E-state index >= 15 is 0 Å². The Morgan fingerprint density at radius 1 is 1.07 bits per heavy atom. The maximum absolute atomic E-state index is 12.0. The standard InChI is InChI=1S/C20H19N3O4/c1-26-18-9-5-16(6-10-18)20(25)21-13-19(24)27-14-15-3-7-17(8-4-15)23-12-2-11-22-23/h2-12H,13-14H2,1H3,(H,21,25). The van der Waals surface area contributed by atoms with Crippen molar-refractivity contribution in [2.75, 3.05) is 13.7 Å². The molecule has 3 rings (SSSR count). The second-order valence-electron chi connectivity index (χ2n) is 5.69. The van der Waals surface area contributed by atoms with E-state index in [1.165, 1.54) is 0 Å². The van der Waals surface area contributed by atoms with Crippen LogP contribution in [0.1, 0.15) is 15.9 Å². The number of carbonyl (C=O) groups is 2. The van der Waals surface area contributed by atoms with Gasteiger partial charge in [0.15, 0.2) is 0 Å². The lowest BCUT2D eigenvalue weighted by molar-refractivity contribution is -0.143. The average molecular weight is 365 g/mol. The fraction of sp³-hybridized carbons (Fsp3) is 0.150. The number of nitrogens with one attached hydrogen (secondary N) is 1. The first-order valence-electron chi connectivity index (χ1n) is 8.32. The van der Waals surface area contributed by atoms with Crippen LogP contribution in [0.25, 0.3) is 5.69 Å². The number of rotatable bonds is 7. The summed E-state index contributed by atoms with van der Waals surface area (Å²) < 4.78 is 12.0. The average Bonchev–Trinajstić information content (AvgIpc) is 3.26. The highest BCUT2D eigenvalue weighted by atomic mass is 16.5. The summed E-state index contributed by atoms with van der Waals surface area (Å²) >= 11 is 0. The summed E-state index contributed by atoms with van der Waals surface area (Å²) in [6, 6.07) is 16.0. The zero-order valence-electron chi connectivity index (χ0n) is 14.8. The lowest BCUT2D eigenvalue weighted by atomic mass is 10.2. The molecule has 0 saturated carbocycles. The number of hydrogen-bond acceptors (Lipinski definition) is 5. The fourth-order valence-electron chi connectivity index (χ4n) is 2.38. The number of hydrogen-bond donors (Lipinski definition) is 1. The van der Waals surface area contributed by atoms with Gasteiger partial charge < -0.3 is 14.8 Å². The largest absolute Gasteiger partial charge is 0.497 e. The van der Waals surface area contributed by atoms with E-state index in [0.29, 0.717) is 11.3 Å². The van der Waals surface area contributed by atoms with Gasteiger partial charge in [-0.05, 0) is 48.0 Å². The van der Waals surface area contributed by atoms with Gasteiger partial charge in [-0.1, -0.05) is 12.1 Å². The van der Waals surface area contributed by atoms with Gasteiger partial charge >= 0.3 is 5.97 Å². The van der Waals surface area contributed by atoms with Gasteiger partial charge in [0.05, 0.1) is 12.8 Å². The molecule has 3 aromatic rings. The van der Waals surface area contributed by atoms with E-state index in [0.717, 1.165) is 11.3 Å². The van der Waals surface area contributed by atoms with Crippen LogP contribution in [0.15, 0.2) is 67.0 Å². The molecule has 7 nitrogen and oxygen atoms in total. The van der Waals surface area contributed by atoms with E-state index in [9.17, 15) is 9.59 Å². The SMILES string of the molecule is COc1ccc(C(=O)NCC(=O)OCc2ccc(-n3cccn3)cc2)cc1. The fourth-order valence-corrected chi connectivity index (χ4v) is 2.38. The van der Waals surface area contributed by atoms with Crippen molar-refractivity contribution in [2.24, 2.45) is 0 Å². The van der Waals surface area contributed by atoms with Gasteiger partial charge in [0.1, 0.15) is 18.9 Å². The molecule has 0 radical (unpaired) electrons. The monoisotopic (exact) mass is 365 g/mol. The summed E-state index contributed by atoms with van der Waals surface area (Å²) in [6.07, 6.45) is 3.55. The Morgan fingerprint density at radius 3 is 2.44 bits per heavy atom. The molecule has 2 aromatic carbocycles. The number of carbonyl (C=O) groups excluding carboxylic acids is 2. The third kappa shape index (κ3) is 4.94. The van der Waals surface area contributed by atoms with Gasteiger partial charge in [-0.25, -0.2) is 4.68 Å². The van der Waals surface area contributed by atoms with Crippen molar-refractivity contribution >= 4 is 11.9 Å². The molecule has 0 atom stereocenters. The van der Waals surface area contributed by atoms with Crippen LogP contribution in [-0.2, 0) is 16.1 Å². The molecule has 0 saturated heterocycles. The number of esters is 1. The summed E-state index contributed by atoms with van der Waals surface area (Å²) in [5, 5.41) is 6.68. The predicted octanol–water partition coefficient (Wildman–Crippen LogP) is 2.35. The molecule has 0 aliphatic heterocycles. The highest BCUT2D eigenvalue weighted by Gasteiger charge is 2.09. The third-order valence-corrected chi connectivity index (χ3v) is 3.85. The highest BCUT2D eigenvalue weighted by Crippen LogP contribution is 2.11. The van der Waals surface area contributed by atoms with Gasteiger partial charge in [0.25, 0.3) is 5.91 Å². The number of benzene rings is 2. The van der Waals surface area contributed by atoms with Crippen LogP contribution in [0.2, 0.25) is 0 Å². The minimum absolute atomic E-state index is 0.136. The summed E-state index contributed by atoms with van der Waals surface area (Å²) in [4.78, 5) is 23.8. The van der Waals surface area contributed by atoms with E-state index in [1.807, 2.05) is 36.5 Å². The van der Waals surface area contributed by atoms with Crippen LogP contribution in [0.4, 0.5) is 0 Å². The number of methoxy groups -OCH3 is 1. The molecule has 0 unspecified atom stereocenters. The van der Waals surface area contributed by atoms with Crippen LogP contribution < -0.4 is 10.1 Å².